The second kappa shape index (κ2) is 6.06. The Hall–Kier alpha value is -1.55. The van der Waals surface area contributed by atoms with Crippen molar-refractivity contribution in [2.75, 3.05) is 7.11 Å². The van der Waals surface area contributed by atoms with Crippen molar-refractivity contribution < 1.29 is 13.9 Å². The van der Waals surface area contributed by atoms with Crippen LogP contribution in [0.25, 0.3) is 0 Å². The second-order valence-corrected chi connectivity index (χ2v) is 4.84. The van der Waals surface area contributed by atoms with Crippen LogP contribution in [-0.2, 0) is 9.47 Å². The lowest BCUT2D eigenvalue weighted by molar-refractivity contribution is -0.0277. The van der Waals surface area contributed by atoms with E-state index in [-0.39, 0.29) is 11.9 Å². The predicted molar refractivity (Wildman–Crippen MR) is 72.0 cm³/mol. The van der Waals surface area contributed by atoms with Crippen molar-refractivity contribution in [3.63, 3.8) is 0 Å². The maximum atomic E-state index is 13.8. The van der Waals surface area contributed by atoms with Gasteiger partial charge in [0, 0.05) is 18.7 Å². The number of ether oxygens (including phenoxy) is 2. The van der Waals surface area contributed by atoms with Gasteiger partial charge in [-0.25, -0.2) is 4.39 Å². The maximum absolute atomic E-state index is 13.8. The highest BCUT2D eigenvalue weighted by molar-refractivity contribution is 5.21. The average molecular weight is 265 g/mol. The summed E-state index contributed by atoms with van der Waals surface area (Å²) in [5, 5.41) is 3.16. The minimum absolute atomic E-state index is 0.287. The van der Waals surface area contributed by atoms with Gasteiger partial charge < -0.3 is 14.8 Å². The molecule has 0 spiro atoms. The summed E-state index contributed by atoms with van der Waals surface area (Å²) in [6, 6.07) is 7.05. The molecular formula is C15H20FNO2. The van der Waals surface area contributed by atoms with Crippen LogP contribution in [0.5, 0.6) is 0 Å². The van der Waals surface area contributed by atoms with Gasteiger partial charge in [-0.05, 0) is 32.4 Å². The van der Waals surface area contributed by atoms with Crippen LogP contribution in [-0.4, -0.2) is 19.3 Å². The molecule has 0 radical (unpaired) electrons. The van der Waals surface area contributed by atoms with Crippen LogP contribution in [0.15, 0.2) is 36.7 Å². The van der Waals surface area contributed by atoms with Crippen molar-refractivity contribution in [3.8, 4) is 0 Å². The Morgan fingerprint density at radius 3 is 2.68 bits per heavy atom. The van der Waals surface area contributed by atoms with Gasteiger partial charge in [-0.3, -0.25) is 0 Å². The number of methoxy groups -OCH3 is 1. The first-order valence-corrected chi connectivity index (χ1v) is 6.51. The Kier molecular flexibility index (Phi) is 4.43. The molecule has 0 amide bonds. The minimum Gasteiger partial charge on any atom is -0.474 e. The molecule has 19 heavy (non-hydrogen) atoms. The van der Waals surface area contributed by atoms with Crippen molar-refractivity contribution in [1.29, 1.82) is 0 Å². The van der Waals surface area contributed by atoms with Crippen molar-refractivity contribution in [2.24, 2.45) is 0 Å². The molecule has 2 rings (SSSR count). The number of nitrogens with one attached hydrogen (secondary N) is 1. The fourth-order valence-corrected chi connectivity index (χ4v) is 2.05. The zero-order valence-corrected chi connectivity index (χ0v) is 11.4. The van der Waals surface area contributed by atoms with Gasteiger partial charge in [-0.1, -0.05) is 18.2 Å². The molecule has 3 nitrogen and oxygen atoms in total. The Labute approximate surface area is 113 Å². The highest BCUT2D eigenvalue weighted by Crippen LogP contribution is 2.27. The van der Waals surface area contributed by atoms with Gasteiger partial charge in [0.1, 0.15) is 18.0 Å². The summed E-state index contributed by atoms with van der Waals surface area (Å²) in [7, 11) is 1.55. The Morgan fingerprint density at radius 1 is 1.42 bits per heavy atom. The number of rotatable bonds is 7. The summed E-state index contributed by atoms with van der Waals surface area (Å²) in [5.41, 5.74) is 0.497. The van der Waals surface area contributed by atoms with Crippen molar-refractivity contribution in [1.82, 2.24) is 5.32 Å². The average Bonchev–Trinajstić information content (AvgIpc) is 3.16. The van der Waals surface area contributed by atoms with Gasteiger partial charge in [0.2, 0.25) is 0 Å². The highest BCUT2D eigenvalue weighted by Gasteiger charge is 2.26. The van der Waals surface area contributed by atoms with E-state index in [4.69, 9.17) is 9.47 Å². The van der Waals surface area contributed by atoms with Crippen LogP contribution < -0.4 is 5.32 Å². The molecule has 2 atom stereocenters. The van der Waals surface area contributed by atoms with E-state index in [9.17, 15) is 4.39 Å². The molecule has 4 heteroatoms. The summed E-state index contributed by atoms with van der Waals surface area (Å²) in [4.78, 5) is 0. The fraction of sp³-hybridized carbons (Fsp3) is 0.467. The smallest absolute Gasteiger partial charge is 0.179 e. The Balaban J connectivity index is 1.99. The molecule has 1 fully saturated rings. The minimum atomic E-state index is -0.459. The molecule has 0 aromatic heterocycles. The Morgan fingerprint density at radius 2 is 2.11 bits per heavy atom. The van der Waals surface area contributed by atoms with E-state index in [1.54, 1.807) is 25.3 Å². The van der Waals surface area contributed by atoms with Gasteiger partial charge >= 0.3 is 0 Å². The van der Waals surface area contributed by atoms with E-state index < -0.39 is 6.10 Å². The summed E-state index contributed by atoms with van der Waals surface area (Å²) >= 11 is 0. The summed E-state index contributed by atoms with van der Waals surface area (Å²) in [6.45, 7) is 5.67. The lowest BCUT2D eigenvalue weighted by atomic mass is 10.0. The van der Waals surface area contributed by atoms with Crippen LogP contribution in [0.1, 0.15) is 31.4 Å². The van der Waals surface area contributed by atoms with Gasteiger partial charge in [0.05, 0.1) is 0 Å². The monoisotopic (exact) mass is 265 g/mol. The first-order chi connectivity index (χ1) is 9.11. The van der Waals surface area contributed by atoms with E-state index in [0.29, 0.717) is 17.5 Å². The van der Waals surface area contributed by atoms with Crippen molar-refractivity contribution in [3.05, 3.63) is 48.1 Å². The van der Waals surface area contributed by atoms with Crippen molar-refractivity contribution in [2.45, 2.75) is 38.0 Å². The summed E-state index contributed by atoms with van der Waals surface area (Å²) in [5.74, 6) is 0.235. The molecule has 0 unspecified atom stereocenters. The van der Waals surface area contributed by atoms with Gasteiger partial charge in [-0.15, -0.1) is 0 Å². The number of hydrogen-bond donors (Lipinski definition) is 1. The van der Waals surface area contributed by atoms with E-state index in [1.807, 2.05) is 6.92 Å². The summed E-state index contributed by atoms with van der Waals surface area (Å²) < 4.78 is 24.8. The third kappa shape index (κ3) is 3.70. The lowest BCUT2D eigenvalue weighted by Crippen LogP contribution is -2.26. The fourth-order valence-electron chi connectivity index (χ4n) is 2.05. The number of hydrogen-bond acceptors (Lipinski definition) is 3. The summed E-state index contributed by atoms with van der Waals surface area (Å²) in [6.07, 6.45) is 1.52. The van der Waals surface area contributed by atoms with E-state index in [0.717, 1.165) is 12.8 Å². The maximum Gasteiger partial charge on any atom is 0.179 e. The Bertz CT molecular complexity index is 446. The van der Waals surface area contributed by atoms with Crippen LogP contribution in [0.3, 0.4) is 0 Å². The number of halogens is 1. The van der Waals surface area contributed by atoms with Crippen LogP contribution in [0.4, 0.5) is 4.39 Å². The quantitative estimate of drug-likeness (QED) is 0.768. The zero-order valence-electron chi connectivity index (χ0n) is 11.4. The van der Waals surface area contributed by atoms with E-state index in [2.05, 4.69) is 11.9 Å². The molecule has 1 aliphatic rings. The van der Waals surface area contributed by atoms with Gasteiger partial charge in [0.25, 0.3) is 0 Å². The SMILES string of the molecule is C=C(NC1CC1)O[C@@H](C)[C@@H](OC)c1ccccc1F. The van der Waals surface area contributed by atoms with Crippen LogP contribution >= 0.6 is 0 Å². The third-order valence-electron chi connectivity index (χ3n) is 3.16. The molecule has 1 N–H and O–H groups in total. The number of benzene rings is 1. The lowest BCUT2D eigenvalue weighted by Gasteiger charge is -2.25. The predicted octanol–water partition coefficient (Wildman–Crippen LogP) is 3.14. The van der Waals surface area contributed by atoms with Crippen LogP contribution in [0.2, 0.25) is 0 Å². The van der Waals surface area contributed by atoms with E-state index >= 15 is 0 Å². The zero-order chi connectivity index (χ0) is 13.8. The standard InChI is InChI=1S/C15H20FNO2/c1-10(19-11(2)17-12-8-9-12)15(18-3)13-6-4-5-7-14(13)16/h4-7,10,12,15,17H,2,8-9H2,1,3H3/t10-,15+/m0/s1. The molecule has 1 aliphatic carbocycles. The molecule has 0 heterocycles. The topological polar surface area (TPSA) is 30.5 Å². The highest BCUT2D eigenvalue weighted by atomic mass is 19.1. The molecular weight excluding hydrogens is 245 g/mol. The molecule has 1 aromatic rings. The van der Waals surface area contributed by atoms with E-state index in [1.165, 1.54) is 6.07 Å². The third-order valence-corrected chi connectivity index (χ3v) is 3.16. The normalized spacial score (nSPS) is 17.6. The molecule has 1 aromatic carbocycles. The molecule has 0 bridgehead atoms. The van der Waals surface area contributed by atoms with Gasteiger partial charge in [0.15, 0.2) is 5.88 Å². The second-order valence-electron chi connectivity index (χ2n) is 4.84. The molecule has 0 aliphatic heterocycles. The van der Waals surface area contributed by atoms with Crippen LogP contribution in [0, 0.1) is 5.82 Å². The largest absolute Gasteiger partial charge is 0.474 e. The first-order valence-electron chi connectivity index (χ1n) is 6.51. The molecule has 104 valence electrons. The van der Waals surface area contributed by atoms with Gasteiger partial charge in [-0.2, -0.15) is 0 Å². The van der Waals surface area contributed by atoms with Crippen molar-refractivity contribution >= 4 is 0 Å². The molecule has 1 saturated carbocycles. The molecule has 0 saturated heterocycles. The first kappa shape index (κ1) is 13.9.